The number of phenolic OH excluding ortho intramolecular Hbond substituents is 1. The van der Waals surface area contributed by atoms with Gasteiger partial charge >= 0.3 is 17.9 Å². The average Bonchev–Trinajstić information content (AvgIpc) is 3.08. The predicted molar refractivity (Wildman–Crippen MR) is 108 cm³/mol. The molecule has 1 aromatic rings. The zero-order valence-electron chi connectivity index (χ0n) is 16.0. The summed E-state index contributed by atoms with van der Waals surface area (Å²) in [5.74, 6) is -5.24. The summed E-state index contributed by atoms with van der Waals surface area (Å²) in [4.78, 5) is 46.9. The van der Waals surface area contributed by atoms with Crippen molar-refractivity contribution in [3.8, 4) is 5.75 Å². The summed E-state index contributed by atoms with van der Waals surface area (Å²) in [6.07, 6.45) is -0.284. The largest absolute Gasteiger partial charge is 0.505 e. The summed E-state index contributed by atoms with van der Waals surface area (Å²) in [5.41, 5.74) is 3.79. The van der Waals surface area contributed by atoms with Crippen molar-refractivity contribution >= 4 is 47.0 Å². The Kier molecular flexibility index (Phi) is 7.71. The number of halogens is 2. The summed E-state index contributed by atoms with van der Waals surface area (Å²) in [7, 11) is 0. The fourth-order valence-corrected chi connectivity index (χ4v) is 3.94. The Balaban J connectivity index is 2.12. The summed E-state index contributed by atoms with van der Waals surface area (Å²) < 4.78 is 0. The number of carboxylic acid groups (broad SMARTS) is 3. The fraction of sp³-hybridized carbons (Fsp3) is 0.444. The van der Waals surface area contributed by atoms with Crippen molar-refractivity contribution in [2.75, 3.05) is 0 Å². The molecule has 31 heavy (non-hydrogen) atoms. The van der Waals surface area contributed by atoms with E-state index in [-0.39, 0.29) is 41.3 Å². The first kappa shape index (κ1) is 24.7. The third-order valence-electron chi connectivity index (χ3n) is 5.10. The standard InChI is InChI=1S/C18H21Cl2N3O8/c19-9-3-7(4-10(20)13(9)24)14(25)22-12(16(28)29)5-8-1-2-18(23-8,17(30)31)6-11(21)15(26)27/h3-4,8,11-12,23-24H,1-2,5-6,21H2,(H,22,25)(H,26,27)(H,28,29)(H,30,31)/t8-,11+,12-,18-/m1/s1. The second kappa shape index (κ2) is 9.69. The number of rotatable bonds is 9. The smallest absolute Gasteiger partial charge is 0.326 e. The lowest BCUT2D eigenvalue weighted by Crippen LogP contribution is -2.55. The summed E-state index contributed by atoms with van der Waals surface area (Å²) in [6, 6.07) is -1.21. The van der Waals surface area contributed by atoms with Gasteiger partial charge in [-0.2, -0.15) is 0 Å². The topological polar surface area (TPSA) is 199 Å². The van der Waals surface area contributed by atoms with Gasteiger partial charge in [0, 0.05) is 18.0 Å². The molecular formula is C18H21Cl2N3O8. The minimum absolute atomic E-state index is 0.0391. The maximum atomic E-state index is 12.4. The molecule has 4 atom stereocenters. The highest BCUT2D eigenvalue weighted by Crippen LogP contribution is 2.33. The molecule has 0 saturated carbocycles. The number of benzene rings is 1. The second-order valence-corrected chi connectivity index (χ2v) is 8.12. The van der Waals surface area contributed by atoms with Crippen LogP contribution in [0.5, 0.6) is 5.75 Å². The van der Waals surface area contributed by atoms with Crippen molar-refractivity contribution in [2.24, 2.45) is 5.73 Å². The lowest BCUT2D eigenvalue weighted by molar-refractivity contribution is -0.146. The number of aromatic hydroxyl groups is 1. The van der Waals surface area contributed by atoms with Crippen LogP contribution in [0, 0.1) is 0 Å². The van der Waals surface area contributed by atoms with Crippen molar-refractivity contribution < 1.29 is 39.6 Å². The summed E-state index contributed by atoms with van der Waals surface area (Å²) in [6.45, 7) is 0. The molecule has 1 amide bonds. The molecule has 1 saturated heterocycles. The molecule has 0 unspecified atom stereocenters. The molecule has 1 fully saturated rings. The Morgan fingerprint density at radius 2 is 1.74 bits per heavy atom. The van der Waals surface area contributed by atoms with Gasteiger partial charge in [-0.3, -0.25) is 19.7 Å². The normalized spacial score (nSPS) is 22.5. The number of nitrogens with two attached hydrogens (primary N) is 1. The van der Waals surface area contributed by atoms with E-state index < -0.39 is 53.2 Å². The van der Waals surface area contributed by atoms with Crippen molar-refractivity contribution in [1.82, 2.24) is 10.6 Å². The highest BCUT2D eigenvalue weighted by Gasteiger charge is 2.47. The molecule has 1 aromatic carbocycles. The number of carbonyl (C=O) groups is 4. The fourth-order valence-electron chi connectivity index (χ4n) is 3.46. The molecule has 0 radical (unpaired) electrons. The van der Waals surface area contributed by atoms with E-state index in [1.807, 2.05) is 0 Å². The van der Waals surface area contributed by atoms with Gasteiger partial charge in [0.2, 0.25) is 0 Å². The molecule has 0 spiro atoms. The number of carbonyl (C=O) groups excluding carboxylic acids is 1. The van der Waals surface area contributed by atoms with E-state index in [9.17, 15) is 34.5 Å². The van der Waals surface area contributed by atoms with Crippen LogP contribution in [0.3, 0.4) is 0 Å². The second-order valence-electron chi connectivity index (χ2n) is 7.30. The van der Waals surface area contributed by atoms with E-state index in [2.05, 4.69) is 10.6 Å². The van der Waals surface area contributed by atoms with Gasteiger partial charge < -0.3 is 31.5 Å². The minimum atomic E-state index is -1.62. The molecule has 170 valence electrons. The van der Waals surface area contributed by atoms with E-state index in [1.54, 1.807) is 0 Å². The van der Waals surface area contributed by atoms with E-state index >= 15 is 0 Å². The van der Waals surface area contributed by atoms with E-state index in [0.29, 0.717) is 0 Å². The van der Waals surface area contributed by atoms with E-state index in [4.69, 9.17) is 34.0 Å². The molecule has 0 bridgehead atoms. The molecule has 1 aliphatic heterocycles. The number of nitrogens with one attached hydrogen (secondary N) is 2. The monoisotopic (exact) mass is 477 g/mol. The van der Waals surface area contributed by atoms with Crippen molar-refractivity contribution in [2.45, 2.75) is 49.3 Å². The van der Waals surface area contributed by atoms with Crippen LogP contribution in [0.1, 0.15) is 36.0 Å². The molecule has 13 heteroatoms. The van der Waals surface area contributed by atoms with Gasteiger partial charge in [0.1, 0.15) is 17.6 Å². The number of amides is 1. The van der Waals surface area contributed by atoms with Crippen molar-refractivity contribution in [3.63, 3.8) is 0 Å². The van der Waals surface area contributed by atoms with Crippen molar-refractivity contribution in [3.05, 3.63) is 27.7 Å². The third kappa shape index (κ3) is 5.76. The van der Waals surface area contributed by atoms with Crippen molar-refractivity contribution in [1.29, 1.82) is 0 Å². The van der Waals surface area contributed by atoms with Gasteiger partial charge in [-0.25, -0.2) is 4.79 Å². The Hall–Kier alpha value is -2.60. The van der Waals surface area contributed by atoms with Crippen LogP contribution in [-0.2, 0) is 14.4 Å². The third-order valence-corrected chi connectivity index (χ3v) is 5.67. The van der Waals surface area contributed by atoms with Crippen LogP contribution in [-0.4, -0.2) is 67.9 Å². The maximum absolute atomic E-state index is 12.4. The first-order chi connectivity index (χ1) is 14.4. The first-order valence-electron chi connectivity index (χ1n) is 9.07. The summed E-state index contributed by atoms with van der Waals surface area (Å²) in [5, 5.41) is 42.3. The Bertz CT molecular complexity index is 889. The van der Waals surface area contributed by atoms with Gasteiger partial charge in [-0.05, 0) is 31.4 Å². The molecule has 11 nitrogen and oxygen atoms in total. The van der Waals surface area contributed by atoms with E-state index in [0.717, 1.165) is 12.1 Å². The Labute approximate surface area is 186 Å². The molecule has 0 aliphatic carbocycles. The molecule has 8 N–H and O–H groups in total. The molecule has 1 aliphatic rings. The van der Waals surface area contributed by atoms with Crippen LogP contribution >= 0.6 is 23.2 Å². The van der Waals surface area contributed by atoms with Gasteiger partial charge in [-0.1, -0.05) is 23.2 Å². The highest BCUT2D eigenvalue weighted by molar-refractivity contribution is 6.37. The highest BCUT2D eigenvalue weighted by atomic mass is 35.5. The number of aliphatic carboxylic acids is 3. The average molecular weight is 478 g/mol. The predicted octanol–water partition coefficient (Wildman–Crippen LogP) is 0.650. The van der Waals surface area contributed by atoms with Crippen LogP contribution in [0.15, 0.2) is 12.1 Å². The Morgan fingerprint density at radius 1 is 1.16 bits per heavy atom. The zero-order valence-corrected chi connectivity index (χ0v) is 17.5. The van der Waals surface area contributed by atoms with Crippen LogP contribution < -0.4 is 16.4 Å². The Morgan fingerprint density at radius 3 is 2.23 bits per heavy atom. The first-order valence-corrected chi connectivity index (χ1v) is 9.83. The van der Waals surface area contributed by atoms with Gasteiger partial charge in [-0.15, -0.1) is 0 Å². The zero-order chi connectivity index (χ0) is 23.5. The molecular weight excluding hydrogens is 457 g/mol. The van der Waals surface area contributed by atoms with Gasteiger partial charge in [0.15, 0.2) is 5.75 Å². The number of hydrogen-bond acceptors (Lipinski definition) is 7. The van der Waals surface area contributed by atoms with Crippen LogP contribution in [0.4, 0.5) is 0 Å². The number of hydrogen-bond donors (Lipinski definition) is 7. The lowest BCUT2D eigenvalue weighted by Gasteiger charge is -2.28. The van der Waals surface area contributed by atoms with E-state index in [1.165, 1.54) is 0 Å². The van der Waals surface area contributed by atoms with Crippen LogP contribution in [0.2, 0.25) is 10.0 Å². The van der Waals surface area contributed by atoms with Crippen LogP contribution in [0.25, 0.3) is 0 Å². The summed E-state index contributed by atoms with van der Waals surface area (Å²) >= 11 is 11.6. The quantitative estimate of drug-likeness (QED) is 0.264. The minimum Gasteiger partial charge on any atom is -0.505 e. The lowest BCUT2D eigenvalue weighted by atomic mass is 9.89. The maximum Gasteiger partial charge on any atom is 0.326 e. The number of phenols is 1. The number of carboxylic acids is 3. The van der Waals surface area contributed by atoms with Gasteiger partial charge in [0.05, 0.1) is 10.0 Å². The van der Waals surface area contributed by atoms with Gasteiger partial charge in [0.25, 0.3) is 5.91 Å². The molecule has 2 rings (SSSR count). The molecule has 1 heterocycles. The molecule has 0 aromatic heterocycles. The SMILES string of the molecule is N[C@@H](C[C@@]1(C(=O)O)CC[C@H](C[C@@H](NC(=O)c2cc(Cl)c(O)c(Cl)c2)C(=O)O)N1)C(=O)O.